The summed E-state index contributed by atoms with van der Waals surface area (Å²) in [4.78, 5) is 1.29. The maximum Gasteiger partial charge on any atom is 0.139 e. The van der Waals surface area contributed by atoms with E-state index in [4.69, 9.17) is 0 Å². The zero-order chi connectivity index (χ0) is 12.4. The summed E-state index contributed by atoms with van der Waals surface area (Å²) < 4.78 is 13.9. The fourth-order valence-corrected chi connectivity index (χ4v) is 2.91. The molecule has 0 spiro atoms. The van der Waals surface area contributed by atoms with Gasteiger partial charge in [0.15, 0.2) is 0 Å². The van der Waals surface area contributed by atoms with E-state index in [2.05, 4.69) is 46.5 Å². The first-order valence-electron chi connectivity index (χ1n) is 5.33. The van der Waals surface area contributed by atoms with E-state index in [0.717, 1.165) is 5.69 Å². The number of benzene rings is 1. The molecule has 0 aliphatic rings. The van der Waals surface area contributed by atoms with Crippen molar-refractivity contribution in [2.45, 2.75) is 19.9 Å². The van der Waals surface area contributed by atoms with E-state index in [1.54, 1.807) is 17.4 Å². The topological polar surface area (TPSA) is 12.0 Å². The first-order valence-corrected chi connectivity index (χ1v) is 7.01. The molecule has 1 unspecified atom stereocenters. The molecule has 90 valence electrons. The van der Waals surface area contributed by atoms with Crippen LogP contribution in [0.1, 0.15) is 23.4 Å². The summed E-state index contributed by atoms with van der Waals surface area (Å²) in [6.45, 7) is 4.17. The number of hydrogen-bond donors (Lipinski definition) is 1. The number of anilines is 1. The van der Waals surface area contributed by atoms with E-state index in [1.807, 2.05) is 6.07 Å². The van der Waals surface area contributed by atoms with Crippen LogP contribution in [-0.2, 0) is 0 Å². The van der Waals surface area contributed by atoms with Gasteiger partial charge in [-0.1, -0.05) is 0 Å². The Kier molecular flexibility index (Phi) is 3.84. The molecule has 0 saturated heterocycles. The van der Waals surface area contributed by atoms with Crippen LogP contribution >= 0.6 is 27.3 Å². The van der Waals surface area contributed by atoms with Gasteiger partial charge in [0.05, 0.1) is 10.5 Å². The van der Waals surface area contributed by atoms with Gasteiger partial charge in [0.1, 0.15) is 5.82 Å². The molecule has 0 radical (unpaired) electrons. The van der Waals surface area contributed by atoms with Crippen molar-refractivity contribution in [3.63, 3.8) is 0 Å². The second kappa shape index (κ2) is 5.19. The monoisotopic (exact) mass is 313 g/mol. The number of halogens is 2. The third-order valence-electron chi connectivity index (χ3n) is 2.60. The van der Waals surface area contributed by atoms with E-state index in [-0.39, 0.29) is 11.9 Å². The van der Waals surface area contributed by atoms with Gasteiger partial charge in [-0.15, -0.1) is 11.3 Å². The highest BCUT2D eigenvalue weighted by Gasteiger charge is 2.10. The van der Waals surface area contributed by atoms with E-state index >= 15 is 0 Å². The van der Waals surface area contributed by atoms with Gasteiger partial charge in [-0.05, 0) is 65.0 Å². The molecule has 17 heavy (non-hydrogen) atoms. The normalized spacial score (nSPS) is 12.5. The molecule has 1 atom stereocenters. The third-order valence-corrected chi connectivity index (χ3v) is 4.44. The predicted octanol–water partition coefficient (Wildman–Crippen LogP) is 5.13. The number of hydrogen-bond acceptors (Lipinski definition) is 2. The van der Waals surface area contributed by atoms with Crippen molar-refractivity contribution in [1.82, 2.24) is 0 Å². The zero-order valence-electron chi connectivity index (χ0n) is 9.63. The number of thiophene rings is 1. The van der Waals surface area contributed by atoms with E-state index in [1.165, 1.54) is 16.5 Å². The highest BCUT2D eigenvalue weighted by atomic mass is 79.9. The van der Waals surface area contributed by atoms with Crippen molar-refractivity contribution in [1.29, 1.82) is 0 Å². The molecule has 4 heteroatoms. The second-order valence-electron chi connectivity index (χ2n) is 3.96. The van der Waals surface area contributed by atoms with Crippen LogP contribution < -0.4 is 5.32 Å². The van der Waals surface area contributed by atoms with Gasteiger partial charge in [-0.25, -0.2) is 4.39 Å². The molecule has 1 aromatic carbocycles. The lowest BCUT2D eigenvalue weighted by molar-refractivity contribution is 0.621. The van der Waals surface area contributed by atoms with Crippen LogP contribution in [0.3, 0.4) is 0 Å². The van der Waals surface area contributed by atoms with Gasteiger partial charge in [-0.3, -0.25) is 0 Å². The SMILES string of the molecule is Cc1ccsc1C(C)Nc1ccc(Br)c(F)c1. The van der Waals surface area contributed by atoms with Gasteiger partial charge >= 0.3 is 0 Å². The maximum absolute atomic E-state index is 13.4. The summed E-state index contributed by atoms with van der Waals surface area (Å²) in [5.74, 6) is -0.245. The molecule has 2 aromatic rings. The highest BCUT2D eigenvalue weighted by Crippen LogP contribution is 2.28. The van der Waals surface area contributed by atoms with Crippen LogP contribution in [0.2, 0.25) is 0 Å². The Balaban J connectivity index is 2.16. The van der Waals surface area contributed by atoms with Crippen molar-refractivity contribution >= 4 is 33.0 Å². The van der Waals surface area contributed by atoms with Crippen molar-refractivity contribution in [2.75, 3.05) is 5.32 Å². The Hall–Kier alpha value is -0.870. The first-order chi connectivity index (χ1) is 8.08. The third kappa shape index (κ3) is 2.87. The summed E-state index contributed by atoms with van der Waals surface area (Å²) in [6.07, 6.45) is 0. The minimum atomic E-state index is -0.245. The fourth-order valence-electron chi connectivity index (χ4n) is 1.73. The number of nitrogens with one attached hydrogen (secondary N) is 1. The van der Waals surface area contributed by atoms with Crippen LogP contribution in [0.4, 0.5) is 10.1 Å². The molecule has 1 aromatic heterocycles. The smallest absolute Gasteiger partial charge is 0.139 e. The number of rotatable bonds is 3. The Morgan fingerprint density at radius 1 is 1.35 bits per heavy atom. The molecule has 0 saturated carbocycles. The van der Waals surface area contributed by atoms with Crippen LogP contribution in [-0.4, -0.2) is 0 Å². The molecule has 0 bridgehead atoms. The van der Waals surface area contributed by atoms with Gasteiger partial charge in [0.25, 0.3) is 0 Å². The van der Waals surface area contributed by atoms with Gasteiger partial charge in [0, 0.05) is 10.6 Å². The van der Waals surface area contributed by atoms with Gasteiger partial charge in [-0.2, -0.15) is 0 Å². The molecular weight excluding hydrogens is 301 g/mol. The van der Waals surface area contributed by atoms with Crippen LogP contribution in [0.15, 0.2) is 34.1 Å². The Morgan fingerprint density at radius 3 is 2.71 bits per heavy atom. The molecule has 1 heterocycles. The van der Waals surface area contributed by atoms with Crippen LogP contribution in [0, 0.1) is 12.7 Å². The van der Waals surface area contributed by atoms with Crippen molar-refractivity contribution in [3.05, 3.63) is 50.4 Å². The average molecular weight is 314 g/mol. The lowest BCUT2D eigenvalue weighted by Crippen LogP contribution is -2.06. The first kappa shape index (κ1) is 12.6. The quantitative estimate of drug-likeness (QED) is 0.828. The second-order valence-corrected chi connectivity index (χ2v) is 5.76. The van der Waals surface area contributed by atoms with Crippen LogP contribution in [0.25, 0.3) is 0 Å². The molecule has 0 aliphatic carbocycles. The van der Waals surface area contributed by atoms with Gasteiger partial charge in [0.2, 0.25) is 0 Å². The van der Waals surface area contributed by atoms with E-state index in [9.17, 15) is 4.39 Å². The minimum absolute atomic E-state index is 0.190. The van der Waals surface area contributed by atoms with Crippen molar-refractivity contribution in [2.24, 2.45) is 0 Å². The van der Waals surface area contributed by atoms with Crippen molar-refractivity contribution < 1.29 is 4.39 Å². The summed E-state index contributed by atoms with van der Waals surface area (Å²) >= 11 is 4.86. The standard InChI is InChI=1S/C13H13BrFNS/c1-8-5-6-17-13(8)9(2)16-10-3-4-11(14)12(15)7-10/h3-7,9,16H,1-2H3. The Bertz CT molecular complexity index is 524. The van der Waals surface area contributed by atoms with E-state index < -0.39 is 0 Å². The molecule has 1 nitrogen and oxygen atoms in total. The fraction of sp³-hybridized carbons (Fsp3) is 0.231. The molecule has 2 rings (SSSR count). The van der Waals surface area contributed by atoms with Crippen molar-refractivity contribution in [3.8, 4) is 0 Å². The summed E-state index contributed by atoms with van der Waals surface area (Å²) in [5.41, 5.74) is 2.07. The zero-order valence-corrected chi connectivity index (χ0v) is 12.0. The highest BCUT2D eigenvalue weighted by molar-refractivity contribution is 9.10. The Labute approximate surface area is 113 Å². The largest absolute Gasteiger partial charge is 0.378 e. The van der Waals surface area contributed by atoms with Gasteiger partial charge < -0.3 is 5.32 Å². The molecule has 0 fully saturated rings. The van der Waals surface area contributed by atoms with E-state index in [0.29, 0.717) is 4.47 Å². The van der Waals surface area contributed by atoms with Crippen LogP contribution in [0.5, 0.6) is 0 Å². The molecule has 0 aliphatic heterocycles. The summed E-state index contributed by atoms with van der Waals surface area (Å²) in [6, 6.07) is 7.37. The summed E-state index contributed by atoms with van der Waals surface area (Å²) in [7, 11) is 0. The lowest BCUT2D eigenvalue weighted by Gasteiger charge is -2.15. The predicted molar refractivity (Wildman–Crippen MR) is 75.2 cm³/mol. The minimum Gasteiger partial charge on any atom is -0.378 e. The lowest BCUT2D eigenvalue weighted by atomic mass is 10.2. The summed E-state index contributed by atoms with van der Waals surface area (Å²) in [5, 5.41) is 5.38. The maximum atomic E-state index is 13.4. The Morgan fingerprint density at radius 2 is 2.12 bits per heavy atom. The molecular formula is C13H13BrFNS. The molecule has 1 N–H and O–H groups in total. The average Bonchev–Trinajstić information content (AvgIpc) is 2.70. The molecule has 0 amide bonds. The number of aryl methyl sites for hydroxylation is 1.